The normalized spacial score (nSPS) is 12.7. The zero-order chi connectivity index (χ0) is 11.8. The number of halogens is 1. The number of thioether (sulfide) groups is 1. The van der Waals surface area contributed by atoms with Gasteiger partial charge in [-0.05, 0) is 18.6 Å². The zero-order valence-electron chi connectivity index (χ0n) is 9.79. The lowest BCUT2D eigenvalue weighted by atomic mass is 10.1. The molecule has 1 nitrogen and oxygen atoms in total. The van der Waals surface area contributed by atoms with Crippen molar-refractivity contribution in [1.29, 1.82) is 0 Å². The summed E-state index contributed by atoms with van der Waals surface area (Å²) in [6.45, 7) is 2.18. The first kappa shape index (κ1) is 13.5. The SMILES string of the molecule is CCCCCC(N)CSc1ccccc1F. The highest BCUT2D eigenvalue weighted by molar-refractivity contribution is 7.99. The third-order valence-corrected chi connectivity index (χ3v) is 3.70. The average molecular weight is 241 g/mol. The lowest BCUT2D eigenvalue weighted by Crippen LogP contribution is -2.22. The Hall–Kier alpha value is -0.540. The highest BCUT2D eigenvalue weighted by Crippen LogP contribution is 2.22. The van der Waals surface area contributed by atoms with Crippen LogP contribution in [0.2, 0.25) is 0 Å². The van der Waals surface area contributed by atoms with Gasteiger partial charge in [0.1, 0.15) is 5.82 Å². The summed E-state index contributed by atoms with van der Waals surface area (Å²) in [4.78, 5) is 0.702. The summed E-state index contributed by atoms with van der Waals surface area (Å²) in [7, 11) is 0. The van der Waals surface area contributed by atoms with Crippen molar-refractivity contribution >= 4 is 11.8 Å². The fourth-order valence-electron chi connectivity index (χ4n) is 1.50. The van der Waals surface area contributed by atoms with E-state index in [0.29, 0.717) is 4.90 Å². The first-order valence-corrected chi connectivity index (χ1v) is 6.85. The summed E-state index contributed by atoms with van der Waals surface area (Å²) in [6.07, 6.45) is 4.66. The number of rotatable bonds is 7. The van der Waals surface area contributed by atoms with Crippen molar-refractivity contribution in [2.45, 2.75) is 43.5 Å². The van der Waals surface area contributed by atoms with E-state index < -0.39 is 0 Å². The van der Waals surface area contributed by atoms with Gasteiger partial charge in [-0.3, -0.25) is 0 Å². The van der Waals surface area contributed by atoms with Crippen LogP contribution in [-0.4, -0.2) is 11.8 Å². The Morgan fingerprint density at radius 1 is 1.31 bits per heavy atom. The van der Waals surface area contributed by atoms with Crippen LogP contribution in [0.25, 0.3) is 0 Å². The maximum absolute atomic E-state index is 13.3. The second kappa shape index (κ2) is 7.69. The molecule has 0 saturated heterocycles. The van der Waals surface area contributed by atoms with E-state index >= 15 is 0 Å². The third-order valence-electron chi connectivity index (χ3n) is 2.47. The second-order valence-corrected chi connectivity index (χ2v) is 5.06. The van der Waals surface area contributed by atoms with Gasteiger partial charge in [0.2, 0.25) is 0 Å². The van der Waals surface area contributed by atoms with E-state index in [1.165, 1.54) is 37.1 Å². The number of nitrogens with two attached hydrogens (primary N) is 1. The highest BCUT2D eigenvalue weighted by atomic mass is 32.2. The molecule has 90 valence electrons. The first-order valence-electron chi connectivity index (χ1n) is 5.87. The summed E-state index contributed by atoms with van der Waals surface area (Å²) in [5.41, 5.74) is 5.97. The molecule has 1 rings (SSSR count). The molecule has 1 unspecified atom stereocenters. The summed E-state index contributed by atoms with van der Waals surface area (Å²) in [5.74, 6) is 0.651. The van der Waals surface area contributed by atoms with E-state index in [9.17, 15) is 4.39 Å². The molecule has 1 aromatic carbocycles. The molecule has 0 aromatic heterocycles. The van der Waals surface area contributed by atoms with Gasteiger partial charge >= 0.3 is 0 Å². The van der Waals surface area contributed by atoms with E-state index in [1.807, 2.05) is 6.07 Å². The van der Waals surface area contributed by atoms with Crippen molar-refractivity contribution in [1.82, 2.24) is 0 Å². The maximum atomic E-state index is 13.3. The molecule has 0 heterocycles. The Morgan fingerprint density at radius 3 is 2.75 bits per heavy atom. The van der Waals surface area contributed by atoms with Crippen LogP contribution in [0.5, 0.6) is 0 Å². The molecule has 0 radical (unpaired) electrons. The second-order valence-electron chi connectivity index (χ2n) is 4.00. The minimum Gasteiger partial charge on any atom is -0.327 e. The van der Waals surface area contributed by atoms with Gasteiger partial charge in [0, 0.05) is 16.7 Å². The predicted octanol–water partition coefficient (Wildman–Crippen LogP) is 3.83. The summed E-state index contributed by atoms with van der Waals surface area (Å²) < 4.78 is 13.3. The van der Waals surface area contributed by atoms with E-state index in [1.54, 1.807) is 12.1 Å². The van der Waals surface area contributed by atoms with Crippen molar-refractivity contribution in [3.8, 4) is 0 Å². The molecule has 1 atom stereocenters. The highest BCUT2D eigenvalue weighted by Gasteiger charge is 2.06. The van der Waals surface area contributed by atoms with Gasteiger partial charge in [0.25, 0.3) is 0 Å². The van der Waals surface area contributed by atoms with Gasteiger partial charge < -0.3 is 5.73 Å². The molecule has 0 aliphatic heterocycles. The Bertz CT molecular complexity index is 304. The first-order chi connectivity index (χ1) is 7.74. The van der Waals surface area contributed by atoms with Crippen LogP contribution in [0.3, 0.4) is 0 Å². The van der Waals surface area contributed by atoms with Crippen LogP contribution in [0.4, 0.5) is 4.39 Å². The molecule has 0 spiro atoms. The van der Waals surface area contributed by atoms with E-state index in [4.69, 9.17) is 5.73 Å². The quantitative estimate of drug-likeness (QED) is 0.580. The Balaban J connectivity index is 2.26. The molecule has 0 bridgehead atoms. The molecule has 0 aliphatic carbocycles. The number of hydrogen-bond acceptors (Lipinski definition) is 2. The third kappa shape index (κ3) is 4.99. The minimum atomic E-state index is -0.145. The van der Waals surface area contributed by atoms with Crippen molar-refractivity contribution in [3.05, 3.63) is 30.1 Å². The average Bonchev–Trinajstić information content (AvgIpc) is 2.28. The van der Waals surface area contributed by atoms with E-state index in [2.05, 4.69) is 6.92 Å². The molecule has 0 aliphatic rings. The van der Waals surface area contributed by atoms with E-state index in [-0.39, 0.29) is 11.9 Å². The van der Waals surface area contributed by atoms with Gasteiger partial charge in [-0.1, -0.05) is 38.3 Å². The van der Waals surface area contributed by atoms with Gasteiger partial charge in [0.05, 0.1) is 0 Å². The number of unbranched alkanes of at least 4 members (excludes halogenated alkanes) is 2. The zero-order valence-corrected chi connectivity index (χ0v) is 10.6. The fourth-order valence-corrected chi connectivity index (χ4v) is 2.44. The summed E-state index contributed by atoms with van der Waals surface area (Å²) in [6, 6.07) is 7.04. The van der Waals surface area contributed by atoms with Crippen molar-refractivity contribution in [3.63, 3.8) is 0 Å². The molecule has 1 aromatic rings. The predicted molar refractivity (Wildman–Crippen MR) is 69.2 cm³/mol. The van der Waals surface area contributed by atoms with E-state index in [0.717, 1.165) is 12.2 Å². The summed E-state index contributed by atoms with van der Waals surface area (Å²) in [5, 5.41) is 0. The molecule has 0 saturated carbocycles. The number of hydrogen-bond donors (Lipinski definition) is 1. The van der Waals surface area contributed by atoms with Crippen molar-refractivity contribution in [2.24, 2.45) is 5.73 Å². The molecule has 16 heavy (non-hydrogen) atoms. The monoisotopic (exact) mass is 241 g/mol. The number of benzene rings is 1. The van der Waals surface area contributed by atoms with Crippen LogP contribution in [0.1, 0.15) is 32.6 Å². The Morgan fingerprint density at radius 2 is 2.06 bits per heavy atom. The van der Waals surface area contributed by atoms with Crippen LogP contribution >= 0.6 is 11.8 Å². The van der Waals surface area contributed by atoms with Crippen LogP contribution in [0, 0.1) is 5.82 Å². The van der Waals surface area contributed by atoms with Gasteiger partial charge in [0.15, 0.2) is 0 Å². The molecule has 0 fully saturated rings. The minimum absolute atomic E-state index is 0.145. The fraction of sp³-hybridized carbons (Fsp3) is 0.538. The van der Waals surface area contributed by atoms with Crippen LogP contribution in [-0.2, 0) is 0 Å². The van der Waals surface area contributed by atoms with Crippen LogP contribution in [0.15, 0.2) is 29.2 Å². The molecule has 2 N–H and O–H groups in total. The van der Waals surface area contributed by atoms with Crippen LogP contribution < -0.4 is 5.73 Å². The van der Waals surface area contributed by atoms with Crippen molar-refractivity contribution in [2.75, 3.05) is 5.75 Å². The molecule has 3 heteroatoms. The van der Waals surface area contributed by atoms with Gasteiger partial charge in [-0.15, -0.1) is 11.8 Å². The lowest BCUT2D eigenvalue weighted by Gasteiger charge is -2.10. The maximum Gasteiger partial charge on any atom is 0.136 e. The largest absolute Gasteiger partial charge is 0.327 e. The molecule has 0 amide bonds. The Labute approximate surface area is 102 Å². The Kier molecular flexibility index (Phi) is 6.50. The lowest BCUT2D eigenvalue weighted by molar-refractivity contribution is 0.592. The standard InChI is InChI=1S/C13H20FNS/c1-2-3-4-7-11(15)10-16-13-9-6-5-8-12(13)14/h5-6,8-9,11H,2-4,7,10,15H2,1H3. The smallest absolute Gasteiger partial charge is 0.136 e. The summed E-state index contributed by atoms with van der Waals surface area (Å²) >= 11 is 1.51. The molecular formula is C13H20FNS. The van der Waals surface area contributed by atoms with Gasteiger partial charge in [-0.25, -0.2) is 4.39 Å². The molecular weight excluding hydrogens is 221 g/mol. The van der Waals surface area contributed by atoms with Crippen molar-refractivity contribution < 1.29 is 4.39 Å². The van der Waals surface area contributed by atoms with Gasteiger partial charge in [-0.2, -0.15) is 0 Å². The topological polar surface area (TPSA) is 26.0 Å².